The molecule has 0 fully saturated rings. The molecule has 0 atom stereocenters. The number of amides is 1. The van der Waals surface area contributed by atoms with Crippen molar-refractivity contribution in [3.63, 3.8) is 0 Å². The summed E-state index contributed by atoms with van der Waals surface area (Å²) >= 11 is 0. The number of nitrogens with zero attached hydrogens (tertiary/aromatic N) is 1. The van der Waals surface area contributed by atoms with Gasteiger partial charge in [0, 0.05) is 31.2 Å². The number of aryl methyl sites for hydroxylation is 1. The van der Waals surface area contributed by atoms with Crippen LogP contribution in [0, 0.1) is 0 Å². The Balaban J connectivity index is 1.94. The highest BCUT2D eigenvalue weighted by atomic mass is 16.3. The number of hydrogen-bond donors (Lipinski definition) is 3. The zero-order chi connectivity index (χ0) is 14.4. The number of carbonyl (C=O) groups excluding carboxylic acids is 1. The minimum absolute atomic E-state index is 0.0396. The number of carbonyl (C=O) groups is 1. The highest BCUT2D eigenvalue weighted by Gasteiger charge is 2.12. The normalized spacial score (nSPS) is 10.9. The summed E-state index contributed by atoms with van der Waals surface area (Å²) in [6, 6.07) is 8.09. The van der Waals surface area contributed by atoms with Crippen LogP contribution in [0.3, 0.4) is 0 Å². The van der Waals surface area contributed by atoms with Crippen molar-refractivity contribution in [2.24, 2.45) is 0 Å². The number of aromatic nitrogens is 1. The third kappa shape index (κ3) is 3.59. The van der Waals surface area contributed by atoms with Gasteiger partial charge in [-0.15, -0.1) is 0 Å². The molecule has 0 bridgehead atoms. The predicted molar refractivity (Wildman–Crippen MR) is 77.4 cm³/mol. The molecule has 1 aromatic carbocycles. The summed E-state index contributed by atoms with van der Waals surface area (Å²) in [6.07, 6.45) is 2.94. The Morgan fingerprint density at radius 3 is 2.60 bits per heavy atom. The molecule has 1 amide bonds. The molecule has 0 unspecified atom stereocenters. The summed E-state index contributed by atoms with van der Waals surface area (Å²) < 4.78 is 0. The van der Waals surface area contributed by atoms with Crippen molar-refractivity contribution in [1.82, 2.24) is 9.88 Å². The van der Waals surface area contributed by atoms with Crippen molar-refractivity contribution < 1.29 is 15.0 Å². The number of benzene rings is 1. The van der Waals surface area contributed by atoms with Gasteiger partial charge in [-0.1, -0.05) is 6.07 Å². The summed E-state index contributed by atoms with van der Waals surface area (Å²) in [5, 5.41) is 19.0. The van der Waals surface area contributed by atoms with E-state index in [0.29, 0.717) is 12.8 Å². The molecular weight excluding hydrogens is 256 g/mol. The van der Waals surface area contributed by atoms with Crippen LogP contribution in [0.4, 0.5) is 0 Å². The fourth-order valence-electron chi connectivity index (χ4n) is 2.27. The monoisotopic (exact) mass is 276 g/mol. The molecule has 0 aliphatic carbocycles. The molecule has 5 nitrogen and oxygen atoms in total. The number of fused-ring (bicyclic) bond motifs is 1. The van der Waals surface area contributed by atoms with Gasteiger partial charge >= 0.3 is 0 Å². The van der Waals surface area contributed by atoms with E-state index in [0.717, 1.165) is 16.5 Å². The molecule has 0 saturated carbocycles. The minimum atomic E-state index is -0.0823. The van der Waals surface area contributed by atoms with Crippen LogP contribution in [0.25, 0.3) is 10.9 Å². The number of aromatic amines is 1. The maximum Gasteiger partial charge on any atom is 0.223 e. The van der Waals surface area contributed by atoms with E-state index >= 15 is 0 Å². The third-order valence-corrected chi connectivity index (χ3v) is 3.34. The van der Waals surface area contributed by atoms with Crippen LogP contribution in [0.15, 0.2) is 30.5 Å². The van der Waals surface area contributed by atoms with Crippen molar-refractivity contribution in [3.8, 4) is 0 Å². The predicted octanol–water partition coefficient (Wildman–Crippen LogP) is 0.914. The van der Waals surface area contributed by atoms with Gasteiger partial charge < -0.3 is 20.1 Å². The summed E-state index contributed by atoms with van der Waals surface area (Å²) in [5.41, 5.74) is 2.20. The maximum absolute atomic E-state index is 12.0. The van der Waals surface area contributed by atoms with Crippen LogP contribution < -0.4 is 0 Å². The number of nitrogens with one attached hydrogen (secondary N) is 1. The van der Waals surface area contributed by atoms with Gasteiger partial charge in [-0.25, -0.2) is 0 Å². The molecule has 1 aromatic heterocycles. The SMILES string of the molecule is O=C(CCc1ccc2[nH]ccc2c1)N(CCO)CCO. The molecule has 2 aromatic rings. The first-order valence-electron chi connectivity index (χ1n) is 6.80. The van der Waals surface area contributed by atoms with Crippen LogP contribution in [-0.4, -0.2) is 52.3 Å². The average Bonchev–Trinajstić information content (AvgIpc) is 2.92. The lowest BCUT2D eigenvalue weighted by atomic mass is 10.1. The first-order chi connectivity index (χ1) is 9.74. The topological polar surface area (TPSA) is 76.6 Å². The fraction of sp³-hybridized carbons (Fsp3) is 0.400. The zero-order valence-corrected chi connectivity index (χ0v) is 11.4. The second-order valence-corrected chi connectivity index (χ2v) is 4.73. The lowest BCUT2D eigenvalue weighted by molar-refractivity contribution is -0.132. The van der Waals surface area contributed by atoms with Crippen molar-refractivity contribution >= 4 is 16.8 Å². The van der Waals surface area contributed by atoms with Crippen LogP contribution in [0.5, 0.6) is 0 Å². The molecular formula is C15H20N2O3. The molecule has 0 aliphatic rings. The zero-order valence-electron chi connectivity index (χ0n) is 11.4. The molecule has 3 N–H and O–H groups in total. The molecule has 0 radical (unpaired) electrons. The van der Waals surface area contributed by atoms with Gasteiger partial charge in [-0.2, -0.15) is 0 Å². The van der Waals surface area contributed by atoms with Gasteiger partial charge in [0.15, 0.2) is 0 Å². The molecule has 0 aliphatic heterocycles. The van der Waals surface area contributed by atoms with Gasteiger partial charge in [0.05, 0.1) is 13.2 Å². The minimum Gasteiger partial charge on any atom is -0.395 e. The van der Waals surface area contributed by atoms with E-state index in [1.54, 1.807) is 0 Å². The summed E-state index contributed by atoms with van der Waals surface area (Å²) in [4.78, 5) is 16.6. The van der Waals surface area contributed by atoms with E-state index < -0.39 is 0 Å². The highest BCUT2D eigenvalue weighted by Crippen LogP contribution is 2.15. The smallest absolute Gasteiger partial charge is 0.223 e. The van der Waals surface area contributed by atoms with Crippen molar-refractivity contribution in [1.29, 1.82) is 0 Å². The van der Waals surface area contributed by atoms with Crippen LogP contribution >= 0.6 is 0 Å². The van der Waals surface area contributed by atoms with Gasteiger partial charge in [0.1, 0.15) is 0 Å². The van der Waals surface area contributed by atoms with E-state index in [1.165, 1.54) is 4.90 Å². The Morgan fingerprint density at radius 1 is 1.15 bits per heavy atom. The van der Waals surface area contributed by atoms with Crippen molar-refractivity contribution in [3.05, 3.63) is 36.0 Å². The van der Waals surface area contributed by atoms with Gasteiger partial charge in [-0.05, 0) is 35.6 Å². The molecule has 108 valence electrons. The summed E-state index contributed by atoms with van der Waals surface area (Å²) in [6.45, 7) is 0.384. The molecule has 0 saturated heterocycles. The first-order valence-corrected chi connectivity index (χ1v) is 6.80. The Morgan fingerprint density at radius 2 is 1.90 bits per heavy atom. The van der Waals surface area contributed by atoms with Crippen molar-refractivity contribution in [2.75, 3.05) is 26.3 Å². The lowest BCUT2D eigenvalue weighted by Gasteiger charge is -2.20. The van der Waals surface area contributed by atoms with Crippen LogP contribution in [0.1, 0.15) is 12.0 Å². The van der Waals surface area contributed by atoms with E-state index in [2.05, 4.69) is 11.1 Å². The first kappa shape index (κ1) is 14.6. The molecule has 1 heterocycles. The lowest BCUT2D eigenvalue weighted by Crippen LogP contribution is -2.35. The Kier molecular flexibility index (Phi) is 5.15. The standard InChI is InChI=1S/C15H20N2O3/c18-9-7-17(8-10-19)15(20)4-2-12-1-3-14-13(11-12)5-6-16-14/h1,3,5-6,11,16,18-19H,2,4,7-10H2. The van der Waals surface area contributed by atoms with Gasteiger partial charge in [0.25, 0.3) is 0 Å². The number of aliphatic hydroxyl groups excluding tert-OH is 2. The quantitative estimate of drug-likeness (QED) is 0.703. The number of rotatable bonds is 7. The maximum atomic E-state index is 12.0. The van der Waals surface area contributed by atoms with Crippen LogP contribution in [0.2, 0.25) is 0 Å². The third-order valence-electron chi connectivity index (χ3n) is 3.34. The average molecular weight is 276 g/mol. The second kappa shape index (κ2) is 7.07. The number of hydrogen-bond acceptors (Lipinski definition) is 3. The van der Waals surface area contributed by atoms with E-state index in [4.69, 9.17) is 10.2 Å². The van der Waals surface area contributed by atoms with Crippen LogP contribution in [-0.2, 0) is 11.2 Å². The molecule has 5 heteroatoms. The van der Waals surface area contributed by atoms with E-state index in [-0.39, 0.29) is 32.2 Å². The number of H-pyrrole nitrogens is 1. The van der Waals surface area contributed by atoms with E-state index in [1.807, 2.05) is 24.4 Å². The molecule has 0 spiro atoms. The second-order valence-electron chi connectivity index (χ2n) is 4.73. The highest BCUT2D eigenvalue weighted by molar-refractivity contribution is 5.80. The van der Waals surface area contributed by atoms with Gasteiger partial charge in [-0.3, -0.25) is 4.79 Å². The summed E-state index contributed by atoms with van der Waals surface area (Å²) in [7, 11) is 0. The Bertz CT molecular complexity index is 559. The summed E-state index contributed by atoms with van der Waals surface area (Å²) in [5.74, 6) is -0.0396. The van der Waals surface area contributed by atoms with Crippen molar-refractivity contribution in [2.45, 2.75) is 12.8 Å². The molecule has 20 heavy (non-hydrogen) atoms. The Labute approximate surface area is 117 Å². The number of aliphatic hydroxyl groups is 2. The Hall–Kier alpha value is -1.85. The van der Waals surface area contributed by atoms with Gasteiger partial charge in [0.2, 0.25) is 5.91 Å². The van der Waals surface area contributed by atoms with E-state index in [9.17, 15) is 4.79 Å². The fourth-order valence-corrected chi connectivity index (χ4v) is 2.27. The molecule has 2 rings (SSSR count). The largest absolute Gasteiger partial charge is 0.395 e.